The minimum absolute atomic E-state index is 0.0313. The molecular weight excluding hydrogens is 250 g/mol. The summed E-state index contributed by atoms with van der Waals surface area (Å²) in [6.07, 6.45) is 3.95. The molecule has 0 aromatic rings. The fourth-order valence-electron chi connectivity index (χ4n) is 0.881. The number of hydrogen-bond acceptors (Lipinski definition) is 2. The summed E-state index contributed by atoms with van der Waals surface area (Å²) < 4.78 is 4.65. The summed E-state index contributed by atoms with van der Waals surface area (Å²) in [4.78, 5) is 10.7. The first-order chi connectivity index (χ1) is 5.16. The monoisotopic (exact) mass is 266 g/mol. The molecule has 0 rings (SSSR count). The van der Waals surface area contributed by atoms with Gasteiger partial charge in [-0.05, 0) is 0 Å². The first kappa shape index (κ1) is 11.3. The van der Waals surface area contributed by atoms with E-state index in [0.29, 0.717) is 29.9 Å². The van der Waals surface area contributed by atoms with Crippen molar-refractivity contribution in [3.8, 4) is 0 Å². The van der Waals surface area contributed by atoms with Crippen LogP contribution in [0.15, 0.2) is 0 Å². The third-order valence-corrected chi connectivity index (χ3v) is 2.29. The van der Waals surface area contributed by atoms with E-state index in [-0.39, 0.29) is 5.97 Å². The maximum atomic E-state index is 10.7. The normalized spacial score (nSPS) is 10.2. The second kappa shape index (κ2) is 6.97. The third-order valence-electron chi connectivity index (χ3n) is 1.54. The first-order valence-corrected chi connectivity index (χ1v) is 5.41. The SMILES string of the molecule is CC(C)CCCCC(=O)[O][SbH2]. The number of unbranched alkanes of at least 4 members (excludes halogenated alkanes) is 1. The number of hydrogen-bond donors (Lipinski definition) is 0. The van der Waals surface area contributed by atoms with Crippen molar-refractivity contribution in [2.24, 2.45) is 5.92 Å². The first-order valence-electron chi connectivity index (χ1n) is 4.06. The molecule has 0 saturated carbocycles. The second-order valence-electron chi connectivity index (χ2n) is 3.13. The van der Waals surface area contributed by atoms with Gasteiger partial charge in [-0.25, -0.2) is 0 Å². The fraction of sp³-hybridized carbons (Fsp3) is 0.875. The average Bonchev–Trinajstić information content (AvgIpc) is 1.97. The van der Waals surface area contributed by atoms with Crippen LogP contribution in [0.3, 0.4) is 0 Å². The van der Waals surface area contributed by atoms with Crippen molar-refractivity contribution in [1.82, 2.24) is 0 Å². The predicted molar refractivity (Wildman–Crippen MR) is 47.9 cm³/mol. The Kier molecular flexibility index (Phi) is 7.15. The van der Waals surface area contributed by atoms with Crippen LogP contribution in [0.1, 0.15) is 39.5 Å². The molecular formula is C8H17O2Sb. The summed E-state index contributed by atoms with van der Waals surface area (Å²) in [5, 5.41) is 0. The van der Waals surface area contributed by atoms with Gasteiger partial charge < -0.3 is 0 Å². The molecule has 0 saturated heterocycles. The van der Waals surface area contributed by atoms with E-state index in [4.69, 9.17) is 0 Å². The van der Waals surface area contributed by atoms with E-state index < -0.39 is 0 Å². The van der Waals surface area contributed by atoms with Gasteiger partial charge in [0.1, 0.15) is 0 Å². The molecule has 0 aliphatic rings. The van der Waals surface area contributed by atoms with Gasteiger partial charge in [-0.1, -0.05) is 0 Å². The van der Waals surface area contributed by atoms with Gasteiger partial charge in [0.2, 0.25) is 0 Å². The number of rotatable bonds is 5. The van der Waals surface area contributed by atoms with Crippen molar-refractivity contribution in [2.45, 2.75) is 39.5 Å². The van der Waals surface area contributed by atoms with Gasteiger partial charge >= 0.3 is 82.7 Å². The molecule has 3 heteroatoms. The Morgan fingerprint density at radius 1 is 1.45 bits per heavy atom. The zero-order valence-electron chi connectivity index (χ0n) is 7.30. The molecule has 0 N–H and O–H groups in total. The third kappa shape index (κ3) is 8.19. The van der Waals surface area contributed by atoms with Gasteiger partial charge in [0.05, 0.1) is 0 Å². The van der Waals surface area contributed by atoms with Crippen LogP contribution in [-0.4, -0.2) is 29.4 Å². The van der Waals surface area contributed by atoms with E-state index in [0.717, 1.165) is 18.8 Å². The van der Waals surface area contributed by atoms with Crippen LogP contribution >= 0.6 is 0 Å². The molecule has 0 atom stereocenters. The molecule has 2 nitrogen and oxygen atoms in total. The summed E-state index contributed by atoms with van der Waals surface area (Å²) >= 11 is 0.596. The second-order valence-corrected chi connectivity index (χ2v) is 3.80. The predicted octanol–water partition coefficient (Wildman–Crippen LogP) is 1.29. The Bertz CT molecular complexity index is 113. The zero-order chi connectivity index (χ0) is 8.69. The van der Waals surface area contributed by atoms with Crippen LogP contribution in [0, 0.1) is 5.92 Å². The van der Waals surface area contributed by atoms with Crippen molar-refractivity contribution in [3.05, 3.63) is 0 Å². The van der Waals surface area contributed by atoms with Gasteiger partial charge in [-0.3, -0.25) is 0 Å². The number of carbonyl (C=O) groups excluding carboxylic acids is 1. The van der Waals surface area contributed by atoms with E-state index in [1.165, 1.54) is 6.42 Å². The molecule has 0 radical (unpaired) electrons. The van der Waals surface area contributed by atoms with Crippen molar-refractivity contribution in [1.29, 1.82) is 0 Å². The molecule has 0 heterocycles. The summed E-state index contributed by atoms with van der Waals surface area (Å²) in [5.41, 5.74) is 0. The standard InChI is InChI=1S/C8H16O2.Sb.2H/c1-7(2)5-3-4-6-8(9)10;;;/h7H,3-6H2,1-2H3,(H,9,10);;;/q;+1;;/p-1. The Balaban J connectivity index is 3.08. The van der Waals surface area contributed by atoms with Gasteiger partial charge in [-0.2, -0.15) is 0 Å². The minimum atomic E-state index is -0.0313. The Hall–Kier alpha value is 0.288. The van der Waals surface area contributed by atoms with Gasteiger partial charge in [0, 0.05) is 0 Å². The molecule has 0 fully saturated rings. The van der Waals surface area contributed by atoms with Crippen LogP contribution in [-0.2, 0) is 7.81 Å². The molecule has 0 bridgehead atoms. The molecule has 0 unspecified atom stereocenters. The van der Waals surface area contributed by atoms with E-state index in [2.05, 4.69) is 16.9 Å². The van der Waals surface area contributed by atoms with E-state index >= 15 is 0 Å². The maximum absolute atomic E-state index is 10.7. The number of carbonyl (C=O) groups is 1. The van der Waals surface area contributed by atoms with Crippen molar-refractivity contribution in [3.63, 3.8) is 0 Å². The average molecular weight is 267 g/mol. The van der Waals surface area contributed by atoms with Crippen molar-refractivity contribution >= 4 is 29.4 Å². The van der Waals surface area contributed by atoms with Crippen LogP contribution in [0.2, 0.25) is 0 Å². The Labute approximate surface area is 82.7 Å². The zero-order valence-corrected chi connectivity index (χ0v) is 10.6. The topological polar surface area (TPSA) is 26.3 Å². The van der Waals surface area contributed by atoms with E-state index in [9.17, 15) is 4.79 Å². The summed E-state index contributed by atoms with van der Waals surface area (Å²) in [6, 6.07) is 0. The molecule has 66 valence electrons. The summed E-state index contributed by atoms with van der Waals surface area (Å²) in [6.45, 7) is 4.40. The van der Waals surface area contributed by atoms with Gasteiger partial charge in [0.25, 0.3) is 0 Å². The van der Waals surface area contributed by atoms with Crippen LogP contribution in [0.4, 0.5) is 0 Å². The molecule has 0 aliphatic heterocycles. The van der Waals surface area contributed by atoms with Gasteiger partial charge in [-0.15, -0.1) is 0 Å². The van der Waals surface area contributed by atoms with Crippen molar-refractivity contribution in [2.75, 3.05) is 0 Å². The molecule has 0 aromatic heterocycles. The van der Waals surface area contributed by atoms with E-state index in [1.54, 1.807) is 0 Å². The quantitative estimate of drug-likeness (QED) is 0.554. The van der Waals surface area contributed by atoms with Gasteiger partial charge in [0.15, 0.2) is 0 Å². The summed E-state index contributed by atoms with van der Waals surface area (Å²) in [5.74, 6) is 0.720. The summed E-state index contributed by atoms with van der Waals surface area (Å²) in [7, 11) is 0. The van der Waals surface area contributed by atoms with Crippen LogP contribution in [0.25, 0.3) is 0 Å². The molecule has 0 aliphatic carbocycles. The van der Waals surface area contributed by atoms with E-state index in [1.807, 2.05) is 0 Å². The van der Waals surface area contributed by atoms with Crippen LogP contribution in [0.5, 0.6) is 0 Å². The van der Waals surface area contributed by atoms with Crippen molar-refractivity contribution < 1.29 is 7.81 Å². The Morgan fingerprint density at radius 3 is 2.55 bits per heavy atom. The Morgan fingerprint density at radius 2 is 2.09 bits per heavy atom. The molecule has 0 amide bonds. The fourth-order valence-corrected chi connectivity index (χ4v) is 1.22. The molecule has 11 heavy (non-hydrogen) atoms. The molecule has 0 aromatic carbocycles. The molecule has 0 spiro atoms. The van der Waals surface area contributed by atoms with Crippen LogP contribution < -0.4 is 0 Å².